The molecule has 29 heavy (non-hydrogen) atoms. The Balaban J connectivity index is 1.84. The quantitative estimate of drug-likeness (QED) is 0.646. The predicted octanol–water partition coefficient (Wildman–Crippen LogP) is 2.21. The van der Waals surface area contributed by atoms with Gasteiger partial charge in [0.1, 0.15) is 0 Å². The van der Waals surface area contributed by atoms with Crippen molar-refractivity contribution in [2.45, 2.75) is 19.4 Å². The number of anilines is 1. The third kappa shape index (κ3) is 4.95. The summed E-state index contributed by atoms with van der Waals surface area (Å²) >= 11 is 0. The maximum Gasteiger partial charge on any atom is 0.307 e. The number of hydrogen-bond donors (Lipinski definition) is 0. The van der Waals surface area contributed by atoms with E-state index < -0.39 is 10.0 Å². The van der Waals surface area contributed by atoms with Crippen LogP contribution in [-0.2, 0) is 32.5 Å². The van der Waals surface area contributed by atoms with E-state index in [1.54, 1.807) is 23.1 Å². The highest BCUT2D eigenvalue weighted by Gasteiger charge is 2.27. The number of carbonyl (C=O) groups is 2. The second-order valence-electron chi connectivity index (χ2n) is 6.97. The molecule has 0 unspecified atom stereocenters. The number of benzene rings is 2. The number of hydrogen-bond acceptors (Lipinski definition) is 5. The highest BCUT2D eigenvalue weighted by atomic mass is 32.2. The van der Waals surface area contributed by atoms with E-state index in [0.29, 0.717) is 30.8 Å². The van der Waals surface area contributed by atoms with E-state index in [0.717, 1.165) is 11.1 Å². The van der Waals surface area contributed by atoms with E-state index in [-0.39, 0.29) is 24.8 Å². The summed E-state index contributed by atoms with van der Waals surface area (Å²) in [6.45, 7) is 0.970. The SMILES string of the molecule is COC(=O)CCN(Cc1ccccc1)C(=O)c1ccc2c(c1)CCN2S(C)(=O)=O. The molecule has 0 fully saturated rings. The molecule has 3 rings (SSSR count). The first-order chi connectivity index (χ1) is 13.8. The number of fused-ring (bicyclic) bond motifs is 1. The van der Waals surface area contributed by atoms with Gasteiger partial charge in [0.05, 0.1) is 25.5 Å². The lowest BCUT2D eigenvalue weighted by Crippen LogP contribution is -2.33. The third-order valence-corrected chi connectivity index (χ3v) is 6.08. The van der Waals surface area contributed by atoms with Crippen LogP contribution in [-0.4, -0.2) is 51.6 Å². The van der Waals surface area contributed by atoms with Crippen LogP contribution in [0.1, 0.15) is 27.9 Å². The number of sulfonamides is 1. The van der Waals surface area contributed by atoms with Crippen molar-refractivity contribution in [2.75, 3.05) is 30.8 Å². The van der Waals surface area contributed by atoms with Gasteiger partial charge in [-0.2, -0.15) is 0 Å². The van der Waals surface area contributed by atoms with Crippen LogP contribution in [0.3, 0.4) is 0 Å². The molecule has 0 aliphatic carbocycles. The van der Waals surface area contributed by atoms with Gasteiger partial charge in [0.25, 0.3) is 5.91 Å². The maximum absolute atomic E-state index is 13.2. The summed E-state index contributed by atoms with van der Waals surface area (Å²) in [5.41, 5.74) is 2.87. The molecule has 0 saturated carbocycles. The first-order valence-corrected chi connectivity index (χ1v) is 11.1. The Hall–Kier alpha value is -2.87. The molecular weight excluding hydrogens is 392 g/mol. The van der Waals surface area contributed by atoms with Gasteiger partial charge < -0.3 is 9.64 Å². The largest absolute Gasteiger partial charge is 0.469 e. The summed E-state index contributed by atoms with van der Waals surface area (Å²) in [4.78, 5) is 26.4. The van der Waals surface area contributed by atoms with Gasteiger partial charge in [0, 0.05) is 25.2 Å². The number of rotatable bonds is 7. The van der Waals surface area contributed by atoms with Gasteiger partial charge in [0.2, 0.25) is 10.0 Å². The molecule has 1 aliphatic heterocycles. The van der Waals surface area contributed by atoms with E-state index >= 15 is 0 Å². The van der Waals surface area contributed by atoms with Crippen LogP contribution >= 0.6 is 0 Å². The molecule has 2 aromatic rings. The highest BCUT2D eigenvalue weighted by molar-refractivity contribution is 7.92. The Morgan fingerprint density at radius 3 is 2.52 bits per heavy atom. The lowest BCUT2D eigenvalue weighted by atomic mass is 10.1. The van der Waals surface area contributed by atoms with Gasteiger partial charge in [-0.25, -0.2) is 8.42 Å². The average Bonchev–Trinajstić information content (AvgIpc) is 3.14. The summed E-state index contributed by atoms with van der Waals surface area (Å²) in [5, 5.41) is 0. The standard InChI is InChI=1S/C21H24N2O5S/c1-28-20(24)11-12-22(15-16-6-4-3-5-7-16)21(25)18-8-9-19-17(14-18)10-13-23(19)29(2,26)27/h3-9,14H,10-13,15H2,1-2H3. The summed E-state index contributed by atoms with van der Waals surface area (Å²) in [5.74, 6) is -0.591. The summed E-state index contributed by atoms with van der Waals surface area (Å²) < 4.78 is 29.9. The van der Waals surface area contributed by atoms with Crippen molar-refractivity contribution in [3.63, 3.8) is 0 Å². The number of nitrogens with zero attached hydrogens (tertiary/aromatic N) is 2. The summed E-state index contributed by atoms with van der Waals surface area (Å²) in [7, 11) is -2.02. The van der Waals surface area contributed by atoms with Crippen LogP contribution in [0.15, 0.2) is 48.5 Å². The molecule has 0 spiro atoms. The van der Waals surface area contributed by atoms with E-state index in [1.165, 1.54) is 17.7 Å². The average molecular weight is 416 g/mol. The molecule has 1 amide bonds. The van der Waals surface area contributed by atoms with Crippen molar-refractivity contribution in [1.82, 2.24) is 4.90 Å². The number of ether oxygens (including phenoxy) is 1. The lowest BCUT2D eigenvalue weighted by Gasteiger charge is -2.23. The van der Waals surface area contributed by atoms with Crippen LogP contribution in [0.5, 0.6) is 0 Å². The smallest absolute Gasteiger partial charge is 0.307 e. The fourth-order valence-corrected chi connectivity index (χ4v) is 4.37. The minimum atomic E-state index is -3.34. The third-order valence-electron chi connectivity index (χ3n) is 4.90. The van der Waals surface area contributed by atoms with Crippen LogP contribution in [0.4, 0.5) is 5.69 Å². The van der Waals surface area contributed by atoms with Gasteiger partial charge in [0.15, 0.2) is 0 Å². The molecule has 0 atom stereocenters. The van der Waals surface area contributed by atoms with Crippen molar-refractivity contribution >= 4 is 27.6 Å². The molecule has 1 aliphatic rings. The number of amides is 1. The van der Waals surface area contributed by atoms with E-state index in [1.807, 2.05) is 30.3 Å². The Kier molecular flexibility index (Phi) is 6.22. The Morgan fingerprint density at radius 2 is 1.86 bits per heavy atom. The first kappa shape index (κ1) is 20.9. The predicted molar refractivity (Wildman–Crippen MR) is 110 cm³/mol. The first-order valence-electron chi connectivity index (χ1n) is 9.30. The second kappa shape index (κ2) is 8.65. The Bertz CT molecular complexity index is 1000. The van der Waals surface area contributed by atoms with Crippen LogP contribution < -0.4 is 4.31 Å². The van der Waals surface area contributed by atoms with E-state index in [2.05, 4.69) is 0 Å². The van der Waals surface area contributed by atoms with Gasteiger partial charge in [-0.05, 0) is 35.7 Å². The van der Waals surface area contributed by atoms with Crippen LogP contribution in [0, 0.1) is 0 Å². The zero-order chi connectivity index (χ0) is 21.0. The Labute approximate surface area is 170 Å². The maximum atomic E-state index is 13.2. The summed E-state index contributed by atoms with van der Waals surface area (Å²) in [6, 6.07) is 14.6. The molecule has 0 saturated heterocycles. The molecule has 0 aromatic heterocycles. The van der Waals surface area contributed by atoms with Crippen LogP contribution in [0.25, 0.3) is 0 Å². The second-order valence-corrected chi connectivity index (χ2v) is 8.87. The number of esters is 1. The van der Waals surface area contributed by atoms with Crippen molar-refractivity contribution in [1.29, 1.82) is 0 Å². The van der Waals surface area contributed by atoms with Crippen molar-refractivity contribution in [3.8, 4) is 0 Å². The molecule has 2 aromatic carbocycles. The zero-order valence-corrected chi connectivity index (χ0v) is 17.3. The molecule has 154 valence electrons. The van der Waals surface area contributed by atoms with Gasteiger partial charge in [-0.3, -0.25) is 13.9 Å². The topological polar surface area (TPSA) is 84.0 Å². The minimum Gasteiger partial charge on any atom is -0.469 e. The molecule has 0 radical (unpaired) electrons. The number of carbonyl (C=O) groups excluding carboxylic acids is 2. The molecule has 0 N–H and O–H groups in total. The molecule has 8 heteroatoms. The van der Waals surface area contributed by atoms with Gasteiger partial charge >= 0.3 is 5.97 Å². The van der Waals surface area contributed by atoms with Crippen molar-refractivity contribution in [2.24, 2.45) is 0 Å². The fraction of sp³-hybridized carbons (Fsp3) is 0.333. The van der Waals surface area contributed by atoms with E-state index in [9.17, 15) is 18.0 Å². The molecule has 0 bridgehead atoms. The van der Waals surface area contributed by atoms with E-state index in [4.69, 9.17) is 4.74 Å². The fourth-order valence-electron chi connectivity index (χ4n) is 3.42. The minimum absolute atomic E-state index is 0.0991. The number of methoxy groups -OCH3 is 1. The molecule has 1 heterocycles. The monoisotopic (exact) mass is 416 g/mol. The highest BCUT2D eigenvalue weighted by Crippen LogP contribution is 2.31. The normalized spacial score (nSPS) is 13.1. The van der Waals surface area contributed by atoms with Crippen molar-refractivity contribution < 1.29 is 22.7 Å². The van der Waals surface area contributed by atoms with Crippen molar-refractivity contribution in [3.05, 3.63) is 65.2 Å². The van der Waals surface area contributed by atoms with Gasteiger partial charge in [-0.15, -0.1) is 0 Å². The lowest BCUT2D eigenvalue weighted by molar-refractivity contribution is -0.140. The molecular formula is C21H24N2O5S. The zero-order valence-electron chi connectivity index (χ0n) is 16.5. The van der Waals surface area contributed by atoms with Crippen LogP contribution in [0.2, 0.25) is 0 Å². The van der Waals surface area contributed by atoms with Gasteiger partial charge in [-0.1, -0.05) is 30.3 Å². The molecule has 7 nitrogen and oxygen atoms in total. The Morgan fingerprint density at radius 1 is 1.14 bits per heavy atom. The summed E-state index contributed by atoms with van der Waals surface area (Å²) in [6.07, 6.45) is 1.84.